The fourth-order valence-electron chi connectivity index (χ4n) is 4.97. The lowest BCUT2D eigenvalue weighted by atomic mass is 10.0. The van der Waals surface area contributed by atoms with Crippen LogP contribution in [-0.4, -0.2) is 57.9 Å². The Hall–Kier alpha value is -2.31. The third-order valence-electron chi connectivity index (χ3n) is 6.69. The molecule has 4 atom stereocenters. The van der Waals surface area contributed by atoms with Crippen LogP contribution in [0, 0.1) is 25.7 Å². The van der Waals surface area contributed by atoms with Crippen LogP contribution in [0.4, 0.5) is 0 Å². The van der Waals surface area contributed by atoms with Crippen molar-refractivity contribution in [3.8, 4) is 0 Å². The second-order valence-electron chi connectivity index (χ2n) is 8.71. The lowest BCUT2D eigenvalue weighted by molar-refractivity contribution is 0.0767. The normalized spacial score (nSPS) is 23.8. The van der Waals surface area contributed by atoms with Crippen molar-refractivity contribution in [1.82, 2.24) is 19.8 Å². The first-order valence-corrected chi connectivity index (χ1v) is 10.6. The molecule has 6 heteroatoms. The highest BCUT2D eigenvalue weighted by atomic mass is 16.2. The minimum absolute atomic E-state index is 0.0637. The van der Waals surface area contributed by atoms with Gasteiger partial charge in [0.1, 0.15) is 6.33 Å². The molecule has 154 valence electrons. The molecule has 1 aromatic carbocycles. The average molecular weight is 394 g/mol. The number of benzene rings is 1. The molecule has 29 heavy (non-hydrogen) atoms. The van der Waals surface area contributed by atoms with Gasteiger partial charge >= 0.3 is 0 Å². The van der Waals surface area contributed by atoms with Crippen LogP contribution in [-0.2, 0) is 0 Å². The Morgan fingerprint density at radius 2 is 1.66 bits per heavy atom. The number of rotatable bonds is 5. The van der Waals surface area contributed by atoms with E-state index in [9.17, 15) is 4.79 Å². The van der Waals surface area contributed by atoms with Crippen LogP contribution in [0.2, 0.25) is 0 Å². The number of amides is 1. The van der Waals surface area contributed by atoms with Crippen molar-refractivity contribution in [2.24, 2.45) is 17.6 Å². The number of aromatic nitrogens is 2. The highest BCUT2D eigenvalue weighted by molar-refractivity contribution is 5.96. The second-order valence-corrected chi connectivity index (χ2v) is 8.71. The number of fused-ring (bicyclic) bond motifs is 1. The molecule has 2 aliphatic rings. The first-order valence-electron chi connectivity index (χ1n) is 10.6. The third kappa shape index (κ3) is 4.05. The first kappa shape index (κ1) is 20.0. The zero-order valence-corrected chi connectivity index (χ0v) is 17.6. The number of nitrogens with zero attached hydrogens (tertiary/aromatic N) is 4. The molecule has 0 aliphatic carbocycles. The molecule has 6 nitrogen and oxygen atoms in total. The quantitative estimate of drug-likeness (QED) is 0.845. The Bertz CT molecular complexity index is 837. The van der Waals surface area contributed by atoms with Gasteiger partial charge in [0, 0.05) is 38.3 Å². The van der Waals surface area contributed by atoms with Crippen molar-refractivity contribution in [2.75, 3.05) is 26.2 Å². The summed E-state index contributed by atoms with van der Waals surface area (Å²) in [5.74, 6) is 1.17. The van der Waals surface area contributed by atoms with Crippen molar-refractivity contribution >= 4 is 5.91 Å². The molecular formula is C23H31N5O. The van der Waals surface area contributed by atoms with E-state index < -0.39 is 0 Å². The van der Waals surface area contributed by atoms with Crippen molar-refractivity contribution < 1.29 is 4.79 Å². The topological polar surface area (TPSA) is 75.4 Å². The number of carbonyl (C=O) groups excluding carboxylic acids is 1. The third-order valence-corrected chi connectivity index (χ3v) is 6.69. The van der Waals surface area contributed by atoms with E-state index >= 15 is 0 Å². The molecule has 2 fully saturated rings. The Kier molecular flexibility index (Phi) is 5.65. The molecule has 0 saturated carbocycles. The molecule has 2 aromatic rings. The van der Waals surface area contributed by atoms with Crippen LogP contribution >= 0.6 is 0 Å². The highest BCUT2D eigenvalue weighted by Gasteiger charge is 2.43. The predicted octanol–water partition coefficient (Wildman–Crippen LogP) is 2.58. The van der Waals surface area contributed by atoms with Crippen molar-refractivity contribution in [2.45, 2.75) is 39.3 Å². The summed E-state index contributed by atoms with van der Waals surface area (Å²) in [6, 6.07) is 10.8. The van der Waals surface area contributed by atoms with Gasteiger partial charge in [-0.2, -0.15) is 0 Å². The number of hydrogen-bond acceptors (Lipinski definition) is 5. The fraction of sp³-hybridized carbons (Fsp3) is 0.522. The van der Waals surface area contributed by atoms with Crippen molar-refractivity contribution in [3.63, 3.8) is 0 Å². The fourth-order valence-corrected chi connectivity index (χ4v) is 4.97. The number of nitrogens with two attached hydrogens (primary N) is 1. The van der Waals surface area contributed by atoms with E-state index in [2.05, 4.69) is 33.9 Å². The maximum atomic E-state index is 13.1. The van der Waals surface area contributed by atoms with Gasteiger partial charge in [0.15, 0.2) is 0 Å². The van der Waals surface area contributed by atoms with Gasteiger partial charge in [-0.1, -0.05) is 30.3 Å². The van der Waals surface area contributed by atoms with E-state index in [1.54, 1.807) is 0 Å². The van der Waals surface area contributed by atoms with Gasteiger partial charge in [-0.25, -0.2) is 9.97 Å². The Morgan fingerprint density at radius 1 is 1.07 bits per heavy atom. The summed E-state index contributed by atoms with van der Waals surface area (Å²) in [4.78, 5) is 26.0. The highest BCUT2D eigenvalue weighted by Crippen LogP contribution is 2.34. The molecule has 0 bridgehead atoms. The largest absolute Gasteiger partial charge is 0.338 e. The maximum absolute atomic E-state index is 13.1. The summed E-state index contributed by atoms with van der Waals surface area (Å²) in [5.41, 5.74) is 9.85. The minimum Gasteiger partial charge on any atom is -0.338 e. The number of hydrogen-bond donors (Lipinski definition) is 1. The van der Waals surface area contributed by atoms with Crippen LogP contribution in [0.3, 0.4) is 0 Å². The molecular weight excluding hydrogens is 362 g/mol. The summed E-state index contributed by atoms with van der Waals surface area (Å²) >= 11 is 0. The smallest absolute Gasteiger partial charge is 0.257 e. The molecule has 2 N–H and O–H groups in total. The van der Waals surface area contributed by atoms with Crippen LogP contribution in [0.1, 0.15) is 46.7 Å². The predicted molar refractivity (Wildman–Crippen MR) is 113 cm³/mol. The summed E-state index contributed by atoms with van der Waals surface area (Å²) in [6.45, 7) is 9.79. The summed E-state index contributed by atoms with van der Waals surface area (Å²) < 4.78 is 0. The van der Waals surface area contributed by atoms with Crippen LogP contribution in [0.25, 0.3) is 0 Å². The SMILES string of the molecule is Cc1ncnc(C)c1C(=O)N1CC2CN(C(C)C[C@H](N)c3ccccc3)CC2C1. The lowest BCUT2D eigenvalue weighted by Crippen LogP contribution is -2.38. The number of carbonyl (C=O) groups is 1. The van der Waals surface area contributed by atoms with E-state index in [4.69, 9.17) is 5.73 Å². The van der Waals surface area contributed by atoms with Crippen LogP contribution in [0.15, 0.2) is 36.7 Å². The maximum Gasteiger partial charge on any atom is 0.257 e. The summed E-state index contributed by atoms with van der Waals surface area (Å²) in [6.07, 6.45) is 2.48. The van der Waals surface area contributed by atoms with Gasteiger partial charge in [0.05, 0.1) is 17.0 Å². The van der Waals surface area contributed by atoms with E-state index in [0.717, 1.165) is 44.0 Å². The lowest BCUT2D eigenvalue weighted by Gasteiger charge is -2.29. The molecule has 3 unspecified atom stereocenters. The molecule has 1 amide bonds. The molecule has 2 saturated heterocycles. The average Bonchev–Trinajstić information content (AvgIpc) is 3.28. The van der Waals surface area contributed by atoms with Crippen molar-refractivity contribution in [1.29, 1.82) is 0 Å². The molecule has 4 rings (SSSR count). The molecule has 1 aromatic heterocycles. The van der Waals surface area contributed by atoms with E-state index in [-0.39, 0.29) is 11.9 Å². The number of aryl methyl sites for hydroxylation is 2. The van der Waals surface area contributed by atoms with E-state index in [0.29, 0.717) is 23.4 Å². The Balaban J connectivity index is 1.34. The van der Waals surface area contributed by atoms with Gasteiger partial charge in [0.25, 0.3) is 5.91 Å². The van der Waals surface area contributed by atoms with Gasteiger partial charge in [-0.15, -0.1) is 0 Å². The number of likely N-dealkylation sites (tertiary alicyclic amines) is 2. The first-order chi connectivity index (χ1) is 13.9. The summed E-state index contributed by atoms with van der Waals surface area (Å²) in [7, 11) is 0. The standard InChI is InChI=1S/C23H31N5O/c1-15(9-21(24)18-7-5-4-6-8-18)27-10-19-12-28(13-20(19)11-27)23(29)22-16(2)25-14-26-17(22)3/h4-8,14-15,19-21H,9-13,24H2,1-3H3/t15?,19?,20?,21-/m0/s1. The monoisotopic (exact) mass is 393 g/mol. The summed E-state index contributed by atoms with van der Waals surface area (Å²) in [5, 5.41) is 0. The zero-order chi connectivity index (χ0) is 20.5. The zero-order valence-electron chi connectivity index (χ0n) is 17.6. The van der Waals surface area contributed by atoms with E-state index in [1.807, 2.05) is 36.9 Å². The molecule has 2 aliphatic heterocycles. The van der Waals surface area contributed by atoms with Gasteiger partial charge in [-0.3, -0.25) is 9.69 Å². The van der Waals surface area contributed by atoms with Crippen LogP contribution < -0.4 is 5.73 Å². The Labute approximate surface area is 173 Å². The van der Waals surface area contributed by atoms with Crippen LogP contribution in [0.5, 0.6) is 0 Å². The molecule has 0 radical (unpaired) electrons. The molecule has 3 heterocycles. The second kappa shape index (κ2) is 8.20. The van der Waals surface area contributed by atoms with Gasteiger partial charge in [-0.05, 0) is 44.6 Å². The molecule has 0 spiro atoms. The Morgan fingerprint density at radius 3 is 2.24 bits per heavy atom. The van der Waals surface area contributed by atoms with Gasteiger partial charge in [0.2, 0.25) is 0 Å². The van der Waals surface area contributed by atoms with Gasteiger partial charge < -0.3 is 10.6 Å². The van der Waals surface area contributed by atoms with E-state index in [1.165, 1.54) is 11.9 Å². The van der Waals surface area contributed by atoms with Crippen molar-refractivity contribution in [3.05, 3.63) is 59.2 Å². The minimum atomic E-state index is 0.0637.